The minimum Gasteiger partial charge on any atom is -0.423 e. The van der Waals surface area contributed by atoms with Gasteiger partial charge >= 0.3 is 5.97 Å². The molecule has 170 valence electrons. The monoisotopic (exact) mass is 424 g/mol. The molecule has 0 bridgehead atoms. The molecule has 0 aliphatic carbocycles. The highest BCUT2D eigenvalue weighted by molar-refractivity contribution is 5.91. The van der Waals surface area contributed by atoms with Crippen LogP contribution >= 0.6 is 0 Å². The van der Waals surface area contributed by atoms with Gasteiger partial charge in [0.15, 0.2) is 0 Å². The maximum atomic E-state index is 12.5. The van der Waals surface area contributed by atoms with Gasteiger partial charge in [-0.05, 0) is 61.1 Å². The molecule has 0 aliphatic heterocycles. The fourth-order valence-corrected chi connectivity index (χ4v) is 4.00. The van der Waals surface area contributed by atoms with Crippen molar-refractivity contribution >= 4 is 5.97 Å². The molecule has 0 N–H and O–H groups in total. The number of hydrogen-bond donors (Lipinski definition) is 0. The fraction of sp³-hybridized carbons (Fsp3) is 0.536. The number of methoxy groups -OCH3 is 1. The van der Waals surface area contributed by atoms with Crippen molar-refractivity contribution < 1.29 is 14.3 Å². The second-order valence-electron chi connectivity index (χ2n) is 8.50. The van der Waals surface area contributed by atoms with Crippen LogP contribution in [0.15, 0.2) is 48.5 Å². The van der Waals surface area contributed by atoms with E-state index in [2.05, 4.69) is 26.0 Å². The topological polar surface area (TPSA) is 35.5 Å². The Kier molecular flexibility index (Phi) is 11.4. The van der Waals surface area contributed by atoms with E-state index in [0.29, 0.717) is 17.2 Å². The summed E-state index contributed by atoms with van der Waals surface area (Å²) < 4.78 is 10.9. The third kappa shape index (κ3) is 8.49. The van der Waals surface area contributed by atoms with Gasteiger partial charge in [0.05, 0.1) is 11.7 Å². The van der Waals surface area contributed by atoms with E-state index in [-0.39, 0.29) is 12.1 Å². The summed E-state index contributed by atoms with van der Waals surface area (Å²) in [5.74, 6) is 0.857. The van der Waals surface area contributed by atoms with Crippen LogP contribution < -0.4 is 4.74 Å². The van der Waals surface area contributed by atoms with E-state index in [4.69, 9.17) is 9.47 Å². The number of hydrogen-bond acceptors (Lipinski definition) is 3. The van der Waals surface area contributed by atoms with Crippen LogP contribution in [0.4, 0.5) is 0 Å². The van der Waals surface area contributed by atoms with Crippen molar-refractivity contribution in [2.45, 2.75) is 90.6 Å². The molecule has 0 aliphatic rings. The Hall–Kier alpha value is -2.13. The van der Waals surface area contributed by atoms with Gasteiger partial charge in [-0.3, -0.25) is 0 Å². The summed E-state index contributed by atoms with van der Waals surface area (Å²) in [5.41, 5.74) is 2.94. The molecule has 0 amide bonds. The van der Waals surface area contributed by atoms with Crippen molar-refractivity contribution in [3.63, 3.8) is 0 Å². The second-order valence-corrected chi connectivity index (χ2v) is 8.50. The Balaban J connectivity index is 1.90. The molecule has 0 aromatic heterocycles. The third-order valence-corrected chi connectivity index (χ3v) is 6.07. The highest BCUT2D eigenvalue weighted by atomic mass is 16.5. The Labute approximate surface area is 189 Å². The number of unbranched alkanes of at least 4 members (excludes halogenated alkanes) is 5. The molecule has 31 heavy (non-hydrogen) atoms. The molecule has 0 saturated carbocycles. The van der Waals surface area contributed by atoms with Crippen LogP contribution in [0, 0.1) is 0 Å². The van der Waals surface area contributed by atoms with Gasteiger partial charge in [-0.15, -0.1) is 0 Å². The van der Waals surface area contributed by atoms with Crippen LogP contribution in [-0.2, 0) is 4.74 Å². The molecular weight excluding hydrogens is 384 g/mol. The smallest absolute Gasteiger partial charge is 0.343 e. The van der Waals surface area contributed by atoms with E-state index in [1.165, 1.54) is 63.4 Å². The largest absolute Gasteiger partial charge is 0.423 e. The summed E-state index contributed by atoms with van der Waals surface area (Å²) in [6, 6.07) is 15.5. The van der Waals surface area contributed by atoms with Crippen molar-refractivity contribution in [2.75, 3.05) is 7.11 Å². The zero-order valence-electron chi connectivity index (χ0n) is 19.9. The molecule has 3 heteroatoms. The van der Waals surface area contributed by atoms with Gasteiger partial charge in [0.1, 0.15) is 5.75 Å². The summed E-state index contributed by atoms with van der Waals surface area (Å²) in [5, 5.41) is 0. The molecule has 0 fully saturated rings. The molecule has 3 nitrogen and oxygen atoms in total. The molecule has 0 saturated heterocycles. The van der Waals surface area contributed by atoms with E-state index in [9.17, 15) is 4.79 Å². The molecule has 0 spiro atoms. The molecule has 2 aromatic rings. The SMILES string of the molecule is CCCCCCCCC(CCC)c1ccc(OC(=O)c2ccc(C(C)OC)cc2)cc1. The Morgan fingerprint density at radius 2 is 1.39 bits per heavy atom. The second kappa shape index (κ2) is 14.0. The van der Waals surface area contributed by atoms with Crippen LogP contribution in [-0.4, -0.2) is 13.1 Å². The molecule has 0 radical (unpaired) electrons. The molecule has 2 aromatic carbocycles. The van der Waals surface area contributed by atoms with Crippen LogP contribution in [0.3, 0.4) is 0 Å². The van der Waals surface area contributed by atoms with Gasteiger partial charge in [0, 0.05) is 7.11 Å². The summed E-state index contributed by atoms with van der Waals surface area (Å²) >= 11 is 0. The van der Waals surface area contributed by atoms with Crippen molar-refractivity contribution in [1.82, 2.24) is 0 Å². The number of carbonyl (C=O) groups excluding carboxylic acids is 1. The Morgan fingerprint density at radius 3 is 2.00 bits per heavy atom. The standard InChI is InChI=1S/C28H40O3/c1-5-7-8-9-10-11-13-24(12-6-2)25-18-20-27(21-19-25)31-28(29)26-16-14-23(15-17-26)22(3)30-4/h14-22,24H,5-13H2,1-4H3. The highest BCUT2D eigenvalue weighted by Crippen LogP contribution is 2.29. The number of carbonyl (C=O) groups is 1. The normalized spacial score (nSPS) is 13.0. The number of ether oxygens (including phenoxy) is 2. The molecule has 0 heterocycles. The lowest BCUT2D eigenvalue weighted by Gasteiger charge is -2.17. The first kappa shape index (κ1) is 25.1. The molecule has 2 atom stereocenters. The lowest BCUT2D eigenvalue weighted by molar-refractivity contribution is 0.0734. The van der Waals surface area contributed by atoms with E-state index in [0.717, 1.165) is 5.56 Å². The maximum Gasteiger partial charge on any atom is 0.343 e. The average molecular weight is 425 g/mol. The van der Waals surface area contributed by atoms with Crippen molar-refractivity contribution in [3.8, 4) is 5.75 Å². The van der Waals surface area contributed by atoms with Crippen molar-refractivity contribution in [2.24, 2.45) is 0 Å². The third-order valence-electron chi connectivity index (χ3n) is 6.07. The predicted octanol–water partition coefficient (Wildman–Crippen LogP) is 8.25. The van der Waals surface area contributed by atoms with Crippen molar-refractivity contribution in [1.29, 1.82) is 0 Å². The lowest BCUT2D eigenvalue weighted by atomic mass is 9.89. The zero-order chi connectivity index (χ0) is 22.5. The first-order valence-electron chi connectivity index (χ1n) is 12.0. The first-order chi connectivity index (χ1) is 15.1. The zero-order valence-corrected chi connectivity index (χ0v) is 19.9. The van der Waals surface area contributed by atoms with E-state index < -0.39 is 0 Å². The van der Waals surface area contributed by atoms with Crippen LogP contribution in [0.2, 0.25) is 0 Å². The van der Waals surface area contributed by atoms with Gasteiger partial charge < -0.3 is 9.47 Å². The van der Waals surface area contributed by atoms with Crippen molar-refractivity contribution in [3.05, 3.63) is 65.2 Å². The minimum atomic E-state index is -0.332. The van der Waals surface area contributed by atoms with E-state index >= 15 is 0 Å². The van der Waals surface area contributed by atoms with Gasteiger partial charge in [0.25, 0.3) is 0 Å². The van der Waals surface area contributed by atoms with E-state index in [1.807, 2.05) is 31.2 Å². The quantitative estimate of drug-likeness (QED) is 0.174. The lowest BCUT2D eigenvalue weighted by Crippen LogP contribution is -2.09. The average Bonchev–Trinajstić information content (AvgIpc) is 2.80. The molecule has 2 unspecified atom stereocenters. The Bertz CT molecular complexity index is 749. The summed E-state index contributed by atoms with van der Waals surface area (Å²) in [6.45, 7) is 6.49. The summed E-state index contributed by atoms with van der Waals surface area (Å²) in [7, 11) is 1.68. The van der Waals surface area contributed by atoms with Gasteiger partial charge in [-0.2, -0.15) is 0 Å². The van der Waals surface area contributed by atoms with Crippen LogP contribution in [0.25, 0.3) is 0 Å². The predicted molar refractivity (Wildman–Crippen MR) is 129 cm³/mol. The van der Waals surface area contributed by atoms with Crippen LogP contribution in [0.1, 0.15) is 112 Å². The highest BCUT2D eigenvalue weighted by Gasteiger charge is 2.13. The molecular formula is C28H40O3. The minimum absolute atomic E-state index is 0.00465. The number of esters is 1. The van der Waals surface area contributed by atoms with Gasteiger partial charge in [-0.25, -0.2) is 4.79 Å². The summed E-state index contributed by atoms with van der Waals surface area (Å²) in [4.78, 5) is 12.5. The molecule has 2 rings (SSSR count). The number of rotatable bonds is 14. The van der Waals surface area contributed by atoms with Crippen LogP contribution in [0.5, 0.6) is 5.75 Å². The summed E-state index contributed by atoms with van der Waals surface area (Å²) in [6.07, 6.45) is 11.6. The Morgan fingerprint density at radius 1 is 0.774 bits per heavy atom. The number of benzene rings is 2. The van der Waals surface area contributed by atoms with E-state index in [1.54, 1.807) is 19.2 Å². The van der Waals surface area contributed by atoms with Gasteiger partial charge in [0.2, 0.25) is 0 Å². The fourth-order valence-electron chi connectivity index (χ4n) is 4.00. The maximum absolute atomic E-state index is 12.5. The van der Waals surface area contributed by atoms with Gasteiger partial charge in [-0.1, -0.05) is 83.1 Å². The first-order valence-corrected chi connectivity index (χ1v) is 12.0.